The molecule has 136 valence electrons. The SMILES string of the molecule is Cc1nc(C)c(CNC(=O)N2CCC(Nc3ccc4nccn4n3)C2)s1. The molecule has 8 nitrogen and oxygen atoms in total. The van der Waals surface area contributed by atoms with E-state index in [2.05, 4.69) is 25.7 Å². The van der Waals surface area contributed by atoms with Crippen LogP contribution in [0.1, 0.15) is 22.0 Å². The van der Waals surface area contributed by atoms with Crippen molar-refractivity contribution in [3.8, 4) is 0 Å². The second-order valence-corrected chi connectivity index (χ2v) is 7.71. The van der Waals surface area contributed by atoms with Gasteiger partial charge >= 0.3 is 6.03 Å². The first kappa shape index (κ1) is 16.8. The molecule has 2 N–H and O–H groups in total. The van der Waals surface area contributed by atoms with Crippen LogP contribution in [0.15, 0.2) is 24.5 Å². The number of nitrogens with one attached hydrogen (secondary N) is 2. The van der Waals surface area contributed by atoms with Crippen LogP contribution in [-0.2, 0) is 6.54 Å². The predicted octanol–water partition coefficient (Wildman–Crippen LogP) is 2.20. The minimum absolute atomic E-state index is 0.0298. The van der Waals surface area contributed by atoms with Crippen LogP contribution in [0.25, 0.3) is 5.65 Å². The van der Waals surface area contributed by atoms with Gasteiger partial charge in [-0.25, -0.2) is 19.3 Å². The fourth-order valence-corrected chi connectivity index (χ4v) is 4.05. The zero-order chi connectivity index (χ0) is 18.1. The molecule has 9 heteroatoms. The van der Waals surface area contributed by atoms with Crippen LogP contribution in [0.4, 0.5) is 10.6 Å². The number of hydrogen-bond acceptors (Lipinski definition) is 6. The van der Waals surface area contributed by atoms with E-state index in [0.717, 1.165) is 40.0 Å². The molecule has 0 radical (unpaired) electrons. The number of likely N-dealkylation sites (tertiary alicyclic amines) is 1. The zero-order valence-electron chi connectivity index (χ0n) is 14.8. The average Bonchev–Trinajstić information content (AvgIpc) is 3.33. The van der Waals surface area contributed by atoms with Gasteiger partial charge in [-0.15, -0.1) is 16.4 Å². The molecule has 1 aliphatic heterocycles. The molecule has 1 saturated heterocycles. The van der Waals surface area contributed by atoms with Crippen molar-refractivity contribution in [2.45, 2.75) is 32.9 Å². The fraction of sp³-hybridized carbons (Fsp3) is 0.412. The summed E-state index contributed by atoms with van der Waals surface area (Å²) in [6, 6.07) is 4.01. The standard InChI is InChI=1S/C17H21N7OS/c1-11-14(26-12(2)20-11)9-19-17(25)23-7-5-13(10-23)21-15-3-4-16-18-6-8-24(16)22-15/h3-4,6,8,13H,5,7,9-10H2,1-2H3,(H,19,25)(H,21,22). The van der Waals surface area contributed by atoms with E-state index < -0.39 is 0 Å². The molecule has 26 heavy (non-hydrogen) atoms. The van der Waals surface area contributed by atoms with Gasteiger partial charge in [0.15, 0.2) is 5.65 Å². The highest BCUT2D eigenvalue weighted by Crippen LogP contribution is 2.18. The summed E-state index contributed by atoms with van der Waals surface area (Å²) in [6.45, 7) is 5.89. The number of imidazole rings is 1. The molecule has 3 aromatic heterocycles. The van der Waals surface area contributed by atoms with Crippen molar-refractivity contribution < 1.29 is 4.79 Å². The van der Waals surface area contributed by atoms with E-state index in [1.165, 1.54) is 0 Å². The summed E-state index contributed by atoms with van der Waals surface area (Å²) in [5.74, 6) is 0.790. The lowest BCUT2D eigenvalue weighted by atomic mass is 10.2. The van der Waals surface area contributed by atoms with Crippen LogP contribution in [0.2, 0.25) is 0 Å². The number of hydrogen-bond donors (Lipinski definition) is 2. The first-order valence-electron chi connectivity index (χ1n) is 8.61. The van der Waals surface area contributed by atoms with Gasteiger partial charge in [-0.1, -0.05) is 0 Å². The number of aryl methyl sites for hydroxylation is 2. The lowest BCUT2D eigenvalue weighted by molar-refractivity contribution is 0.208. The minimum atomic E-state index is -0.0298. The van der Waals surface area contributed by atoms with Crippen molar-refractivity contribution in [2.75, 3.05) is 18.4 Å². The number of amides is 2. The second kappa shape index (κ2) is 6.91. The molecule has 3 aromatic rings. The highest BCUT2D eigenvalue weighted by Gasteiger charge is 2.26. The average molecular weight is 371 g/mol. The third-order valence-corrected chi connectivity index (χ3v) is 5.56. The molecular formula is C17H21N7OS. The molecule has 4 heterocycles. The first-order valence-corrected chi connectivity index (χ1v) is 9.43. The summed E-state index contributed by atoms with van der Waals surface area (Å²) in [7, 11) is 0. The van der Waals surface area contributed by atoms with Crippen LogP contribution in [0.5, 0.6) is 0 Å². The molecule has 0 saturated carbocycles. The number of urea groups is 1. The molecule has 0 aliphatic carbocycles. The number of nitrogens with zero attached hydrogens (tertiary/aromatic N) is 5. The van der Waals surface area contributed by atoms with Crippen molar-refractivity contribution in [3.05, 3.63) is 40.1 Å². The molecule has 1 atom stereocenters. The molecule has 4 rings (SSSR count). The van der Waals surface area contributed by atoms with Crippen molar-refractivity contribution in [2.24, 2.45) is 0 Å². The Balaban J connectivity index is 1.31. The van der Waals surface area contributed by atoms with E-state index >= 15 is 0 Å². The van der Waals surface area contributed by atoms with Gasteiger partial charge in [0.05, 0.1) is 17.2 Å². The van der Waals surface area contributed by atoms with Crippen LogP contribution >= 0.6 is 11.3 Å². The Morgan fingerprint density at radius 1 is 1.38 bits per heavy atom. The summed E-state index contributed by atoms with van der Waals surface area (Å²) in [5, 5.41) is 11.9. The second-order valence-electron chi connectivity index (χ2n) is 6.42. The maximum absolute atomic E-state index is 12.4. The number of carbonyl (C=O) groups excluding carboxylic acids is 1. The molecule has 0 bridgehead atoms. The van der Waals surface area contributed by atoms with Gasteiger partial charge < -0.3 is 15.5 Å². The number of fused-ring (bicyclic) bond motifs is 1. The smallest absolute Gasteiger partial charge is 0.317 e. The van der Waals surface area contributed by atoms with Crippen molar-refractivity contribution in [1.82, 2.24) is 29.8 Å². The summed E-state index contributed by atoms with van der Waals surface area (Å²) in [4.78, 5) is 24.0. The highest BCUT2D eigenvalue weighted by atomic mass is 32.1. The first-order chi connectivity index (χ1) is 12.6. The summed E-state index contributed by atoms with van der Waals surface area (Å²) in [6.07, 6.45) is 4.44. The number of aromatic nitrogens is 4. The van der Waals surface area contributed by atoms with Crippen molar-refractivity contribution in [3.63, 3.8) is 0 Å². The van der Waals surface area contributed by atoms with Gasteiger partial charge in [0.1, 0.15) is 5.82 Å². The van der Waals surface area contributed by atoms with Crippen LogP contribution in [0.3, 0.4) is 0 Å². The van der Waals surface area contributed by atoms with Crippen LogP contribution in [-0.4, -0.2) is 49.6 Å². The number of carbonyl (C=O) groups is 1. The number of anilines is 1. The van der Waals surface area contributed by atoms with Gasteiger partial charge in [0.25, 0.3) is 0 Å². The van der Waals surface area contributed by atoms with Gasteiger partial charge in [-0.2, -0.15) is 0 Å². The fourth-order valence-electron chi connectivity index (χ4n) is 3.17. The van der Waals surface area contributed by atoms with E-state index in [0.29, 0.717) is 13.1 Å². The number of rotatable bonds is 4. The Bertz CT molecular complexity index is 934. The van der Waals surface area contributed by atoms with Gasteiger partial charge in [0.2, 0.25) is 0 Å². The van der Waals surface area contributed by atoms with E-state index in [1.54, 1.807) is 22.0 Å². The Morgan fingerprint density at radius 2 is 2.27 bits per heavy atom. The topological polar surface area (TPSA) is 87.5 Å². The normalized spacial score (nSPS) is 17.0. The molecule has 2 amide bonds. The Morgan fingerprint density at radius 3 is 3.08 bits per heavy atom. The van der Waals surface area contributed by atoms with E-state index in [-0.39, 0.29) is 12.1 Å². The predicted molar refractivity (Wildman–Crippen MR) is 100 cm³/mol. The van der Waals surface area contributed by atoms with E-state index in [4.69, 9.17) is 0 Å². The lowest BCUT2D eigenvalue weighted by Crippen LogP contribution is -2.39. The highest BCUT2D eigenvalue weighted by molar-refractivity contribution is 7.11. The summed E-state index contributed by atoms with van der Waals surface area (Å²) >= 11 is 1.63. The largest absolute Gasteiger partial charge is 0.364 e. The van der Waals surface area contributed by atoms with E-state index in [1.807, 2.05) is 37.1 Å². The zero-order valence-corrected chi connectivity index (χ0v) is 15.6. The Hall–Kier alpha value is -2.68. The molecule has 1 fully saturated rings. The molecule has 1 unspecified atom stereocenters. The Labute approximate surface area is 155 Å². The van der Waals surface area contributed by atoms with Gasteiger partial charge in [0, 0.05) is 36.4 Å². The minimum Gasteiger partial charge on any atom is -0.364 e. The molecular weight excluding hydrogens is 350 g/mol. The molecule has 1 aliphatic rings. The third-order valence-electron chi connectivity index (χ3n) is 4.48. The van der Waals surface area contributed by atoms with Gasteiger partial charge in [-0.3, -0.25) is 0 Å². The van der Waals surface area contributed by atoms with Crippen LogP contribution in [0, 0.1) is 13.8 Å². The van der Waals surface area contributed by atoms with Crippen molar-refractivity contribution >= 4 is 28.8 Å². The maximum Gasteiger partial charge on any atom is 0.317 e. The molecule has 0 aromatic carbocycles. The summed E-state index contributed by atoms with van der Waals surface area (Å²) in [5.41, 5.74) is 1.81. The third kappa shape index (κ3) is 3.48. The van der Waals surface area contributed by atoms with Gasteiger partial charge in [-0.05, 0) is 32.4 Å². The maximum atomic E-state index is 12.4. The number of thiazole rings is 1. The van der Waals surface area contributed by atoms with Crippen LogP contribution < -0.4 is 10.6 Å². The summed E-state index contributed by atoms with van der Waals surface area (Å²) < 4.78 is 1.74. The lowest BCUT2D eigenvalue weighted by Gasteiger charge is -2.18. The quantitative estimate of drug-likeness (QED) is 0.734. The monoisotopic (exact) mass is 371 g/mol. The Kier molecular flexibility index (Phi) is 4.46. The van der Waals surface area contributed by atoms with E-state index in [9.17, 15) is 4.79 Å². The molecule has 0 spiro atoms. The van der Waals surface area contributed by atoms with Crippen molar-refractivity contribution in [1.29, 1.82) is 0 Å².